The van der Waals surface area contributed by atoms with E-state index in [-0.39, 0.29) is 5.97 Å². The van der Waals surface area contributed by atoms with Gasteiger partial charge in [-0.25, -0.2) is 4.79 Å². The minimum absolute atomic E-state index is 0.360. The number of unbranched alkanes of at least 4 members (excludes halogenated alkanes) is 1. The molecule has 0 aromatic heterocycles. The Morgan fingerprint density at radius 2 is 1.79 bits per heavy atom. The van der Waals surface area contributed by atoms with Crippen molar-refractivity contribution in [3.63, 3.8) is 0 Å². The molecular formula is C24H27NO4. The van der Waals surface area contributed by atoms with Gasteiger partial charge in [0.15, 0.2) is 0 Å². The Kier molecular flexibility index (Phi) is 7.47. The van der Waals surface area contributed by atoms with Gasteiger partial charge >= 0.3 is 5.97 Å². The highest BCUT2D eigenvalue weighted by Crippen LogP contribution is 2.29. The topological polar surface area (TPSA) is 56.8 Å². The zero-order chi connectivity index (χ0) is 20.5. The molecule has 0 spiro atoms. The van der Waals surface area contributed by atoms with Gasteiger partial charge in [-0.3, -0.25) is 0 Å². The summed E-state index contributed by atoms with van der Waals surface area (Å²) in [6, 6.07) is 14.1. The Balaban J connectivity index is 1.67. The molecule has 0 radical (unpaired) electrons. The molecule has 5 heteroatoms. The number of ether oxygens (including phenoxy) is 3. The summed E-state index contributed by atoms with van der Waals surface area (Å²) in [5, 5.41) is 3.19. The highest BCUT2D eigenvalue weighted by Gasteiger charge is 2.12. The minimum atomic E-state index is -0.360. The Morgan fingerprint density at radius 3 is 2.55 bits per heavy atom. The number of benzene rings is 2. The van der Waals surface area contributed by atoms with Gasteiger partial charge in [0.2, 0.25) is 0 Å². The summed E-state index contributed by atoms with van der Waals surface area (Å²) in [5.41, 5.74) is 4.50. The molecule has 0 saturated heterocycles. The second kappa shape index (κ2) is 10.5. The van der Waals surface area contributed by atoms with Crippen molar-refractivity contribution in [2.24, 2.45) is 0 Å². The van der Waals surface area contributed by atoms with Crippen LogP contribution in [0.4, 0.5) is 5.69 Å². The van der Waals surface area contributed by atoms with Gasteiger partial charge in [0, 0.05) is 18.5 Å². The molecule has 0 bridgehead atoms. The first-order valence-corrected chi connectivity index (χ1v) is 9.89. The summed E-state index contributed by atoms with van der Waals surface area (Å²) in [5.74, 6) is 0.461. The SMILES string of the molecule is CCCCOCCOc1ccc(-c2ccc3c(c2)C=C(C(=O)OC)C=CN3)cc1. The van der Waals surface area contributed by atoms with Crippen LogP contribution in [0.2, 0.25) is 0 Å². The van der Waals surface area contributed by atoms with Gasteiger partial charge in [-0.2, -0.15) is 0 Å². The fourth-order valence-corrected chi connectivity index (χ4v) is 2.99. The molecule has 2 aromatic rings. The molecule has 0 atom stereocenters. The van der Waals surface area contributed by atoms with Crippen molar-refractivity contribution in [2.45, 2.75) is 19.8 Å². The lowest BCUT2D eigenvalue weighted by atomic mass is 10.0. The minimum Gasteiger partial charge on any atom is -0.491 e. The van der Waals surface area contributed by atoms with Crippen LogP contribution >= 0.6 is 0 Å². The number of rotatable bonds is 9. The zero-order valence-electron chi connectivity index (χ0n) is 16.9. The van der Waals surface area contributed by atoms with Crippen LogP contribution in [-0.2, 0) is 14.3 Å². The number of esters is 1. The van der Waals surface area contributed by atoms with Crippen molar-refractivity contribution in [2.75, 3.05) is 32.2 Å². The van der Waals surface area contributed by atoms with Gasteiger partial charge in [0.1, 0.15) is 12.4 Å². The first-order chi connectivity index (χ1) is 14.2. The smallest absolute Gasteiger partial charge is 0.337 e. The lowest BCUT2D eigenvalue weighted by molar-refractivity contribution is -0.135. The largest absolute Gasteiger partial charge is 0.491 e. The van der Waals surface area contributed by atoms with Crippen LogP contribution in [0.25, 0.3) is 17.2 Å². The maximum Gasteiger partial charge on any atom is 0.337 e. The highest BCUT2D eigenvalue weighted by molar-refractivity contribution is 5.98. The van der Waals surface area contributed by atoms with Crippen LogP contribution in [0.15, 0.2) is 60.3 Å². The molecule has 0 aliphatic carbocycles. The molecule has 0 unspecified atom stereocenters. The fraction of sp³-hybridized carbons (Fsp3) is 0.292. The van der Waals surface area contributed by atoms with Gasteiger partial charge in [0.25, 0.3) is 0 Å². The molecule has 5 nitrogen and oxygen atoms in total. The van der Waals surface area contributed by atoms with Gasteiger partial charge < -0.3 is 19.5 Å². The normalized spacial score (nSPS) is 12.4. The number of carbonyl (C=O) groups excluding carboxylic acids is 1. The van der Waals surface area contributed by atoms with E-state index in [1.54, 1.807) is 12.3 Å². The van der Waals surface area contributed by atoms with Crippen LogP contribution in [0.3, 0.4) is 0 Å². The van der Waals surface area contributed by atoms with Gasteiger partial charge in [-0.05, 0) is 59.5 Å². The molecule has 1 aliphatic heterocycles. The van der Waals surface area contributed by atoms with Crippen LogP contribution in [0.1, 0.15) is 25.3 Å². The molecule has 0 saturated carbocycles. The molecule has 29 heavy (non-hydrogen) atoms. The van der Waals surface area contributed by atoms with E-state index in [0.717, 1.165) is 47.6 Å². The Morgan fingerprint density at radius 1 is 1.00 bits per heavy atom. The predicted molar refractivity (Wildman–Crippen MR) is 116 cm³/mol. The number of anilines is 1. The molecular weight excluding hydrogens is 366 g/mol. The maximum absolute atomic E-state index is 11.9. The average molecular weight is 393 g/mol. The van der Waals surface area contributed by atoms with Crippen LogP contribution in [0, 0.1) is 0 Å². The van der Waals surface area contributed by atoms with E-state index in [1.165, 1.54) is 7.11 Å². The van der Waals surface area contributed by atoms with Crippen molar-refractivity contribution >= 4 is 17.7 Å². The second-order valence-corrected chi connectivity index (χ2v) is 6.71. The summed E-state index contributed by atoms with van der Waals surface area (Å²) in [6.07, 6.45) is 7.50. The zero-order valence-corrected chi connectivity index (χ0v) is 16.9. The number of hydrogen-bond donors (Lipinski definition) is 1. The number of fused-ring (bicyclic) bond motifs is 1. The van der Waals surface area contributed by atoms with Crippen molar-refractivity contribution in [3.05, 3.63) is 65.9 Å². The number of nitrogens with one attached hydrogen (secondary N) is 1. The van der Waals surface area contributed by atoms with E-state index >= 15 is 0 Å². The monoisotopic (exact) mass is 393 g/mol. The Labute approximate surface area is 172 Å². The number of hydrogen-bond acceptors (Lipinski definition) is 5. The van der Waals surface area contributed by atoms with E-state index in [9.17, 15) is 4.79 Å². The number of methoxy groups -OCH3 is 1. The molecule has 0 amide bonds. The molecule has 3 rings (SSSR count). The van der Waals surface area contributed by atoms with Crippen molar-refractivity contribution in [1.29, 1.82) is 0 Å². The van der Waals surface area contributed by atoms with Crippen molar-refractivity contribution in [1.82, 2.24) is 0 Å². The van der Waals surface area contributed by atoms with Gasteiger partial charge in [-0.1, -0.05) is 31.5 Å². The summed E-state index contributed by atoms with van der Waals surface area (Å²) in [7, 11) is 1.38. The summed E-state index contributed by atoms with van der Waals surface area (Å²) in [6.45, 7) is 4.07. The average Bonchev–Trinajstić information content (AvgIpc) is 2.98. The van der Waals surface area contributed by atoms with E-state index < -0.39 is 0 Å². The van der Waals surface area contributed by atoms with E-state index in [0.29, 0.717) is 18.8 Å². The molecule has 2 aromatic carbocycles. The first-order valence-electron chi connectivity index (χ1n) is 9.89. The third-order valence-corrected chi connectivity index (χ3v) is 4.61. The molecule has 1 aliphatic rings. The Bertz CT molecular complexity index is 884. The molecule has 152 valence electrons. The standard InChI is InChI=1S/C24H27NO4/c1-3-4-13-28-14-15-29-22-8-5-18(6-9-22)19-7-10-23-21(16-19)17-20(11-12-25-23)24(26)27-2/h5-12,16-17,25H,3-4,13-15H2,1-2H3. The van der Waals surface area contributed by atoms with Crippen LogP contribution in [-0.4, -0.2) is 32.9 Å². The summed E-state index contributed by atoms with van der Waals surface area (Å²) >= 11 is 0. The van der Waals surface area contributed by atoms with Crippen molar-refractivity contribution in [3.8, 4) is 16.9 Å². The van der Waals surface area contributed by atoms with E-state index in [1.807, 2.05) is 42.5 Å². The quantitative estimate of drug-likeness (QED) is 0.477. The van der Waals surface area contributed by atoms with Crippen LogP contribution in [0.5, 0.6) is 5.75 Å². The van der Waals surface area contributed by atoms with Gasteiger partial charge in [0.05, 0.1) is 19.3 Å². The third kappa shape index (κ3) is 5.72. The predicted octanol–water partition coefficient (Wildman–Crippen LogP) is 5.04. The van der Waals surface area contributed by atoms with Gasteiger partial charge in [-0.15, -0.1) is 0 Å². The van der Waals surface area contributed by atoms with E-state index in [2.05, 4.69) is 18.3 Å². The van der Waals surface area contributed by atoms with Crippen molar-refractivity contribution < 1.29 is 19.0 Å². The summed E-state index contributed by atoms with van der Waals surface area (Å²) in [4.78, 5) is 11.9. The maximum atomic E-state index is 11.9. The molecule has 1 N–H and O–H groups in total. The highest BCUT2D eigenvalue weighted by atomic mass is 16.5. The van der Waals surface area contributed by atoms with E-state index in [4.69, 9.17) is 14.2 Å². The van der Waals surface area contributed by atoms with Crippen LogP contribution < -0.4 is 10.1 Å². The molecule has 0 fully saturated rings. The molecule has 1 heterocycles. The second-order valence-electron chi connectivity index (χ2n) is 6.71. The fourth-order valence-electron chi connectivity index (χ4n) is 2.99. The third-order valence-electron chi connectivity index (χ3n) is 4.61. The number of carbonyl (C=O) groups is 1. The lowest BCUT2D eigenvalue weighted by Gasteiger charge is -2.10. The lowest BCUT2D eigenvalue weighted by Crippen LogP contribution is -2.07. The summed E-state index contributed by atoms with van der Waals surface area (Å²) < 4.78 is 16.1. The Hall–Kier alpha value is -3.05. The first kappa shape index (κ1) is 20.7.